The third-order valence-corrected chi connectivity index (χ3v) is 3.67. The molecule has 0 unspecified atom stereocenters. The first kappa shape index (κ1) is 20.3. The van der Waals surface area contributed by atoms with E-state index in [1.54, 1.807) is 4.90 Å². The number of carbonyl (C=O) groups excluding carboxylic acids is 3. The zero-order valence-corrected chi connectivity index (χ0v) is 14.9. The van der Waals surface area contributed by atoms with Crippen molar-refractivity contribution in [1.29, 1.82) is 0 Å². The summed E-state index contributed by atoms with van der Waals surface area (Å²) in [6.07, 6.45) is 0. The van der Waals surface area contributed by atoms with Crippen LogP contribution in [0.25, 0.3) is 0 Å². The molecular formula is C17H24N2O6. The van der Waals surface area contributed by atoms with Crippen LogP contribution in [-0.2, 0) is 14.3 Å². The average molecular weight is 352 g/mol. The number of rotatable bonds is 8. The van der Waals surface area contributed by atoms with E-state index in [0.29, 0.717) is 18.8 Å². The number of hydrogen-bond donors (Lipinski definition) is 1. The molecule has 2 amide bonds. The van der Waals surface area contributed by atoms with Gasteiger partial charge in [-0.1, -0.05) is 0 Å². The van der Waals surface area contributed by atoms with Crippen LogP contribution in [-0.4, -0.2) is 73.1 Å². The third-order valence-electron chi connectivity index (χ3n) is 3.67. The van der Waals surface area contributed by atoms with Gasteiger partial charge in [0.2, 0.25) is 5.91 Å². The quantitative estimate of drug-likeness (QED) is 0.698. The van der Waals surface area contributed by atoms with Crippen molar-refractivity contribution in [3.63, 3.8) is 0 Å². The number of methoxy groups -OCH3 is 1. The Balaban J connectivity index is 2.58. The van der Waals surface area contributed by atoms with Gasteiger partial charge in [-0.2, -0.15) is 0 Å². The van der Waals surface area contributed by atoms with E-state index in [9.17, 15) is 19.5 Å². The molecule has 1 N–H and O–H groups in total. The molecule has 0 saturated heterocycles. The molecular weight excluding hydrogens is 328 g/mol. The van der Waals surface area contributed by atoms with E-state index in [2.05, 4.69) is 0 Å². The smallest absolute Gasteiger partial charge is 0.342 e. The number of likely N-dealkylation sites (N-methyl/N-ethyl adjacent to an activating group) is 2. The molecule has 0 radical (unpaired) electrons. The van der Waals surface area contributed by atoms with E-state index in [1.807, 2.05) is 13.8 Å². The summed E-state index contributed by atoms with van der Waals surface area (Å²) >= 11 is 0. The van der Waals surface area contributed by atoms with Crippen LogP contribution in [0.2, 0.25) is 0 Å². The molecule has 138 valence electrons. The van der Waals surface area contributed by atoms with E-state index in [4.69, 9.17) is 9.47 Å². The minimum Gasteiger partial charge on any atom is -0.507 e. The lowest BCUT2D eigenvalue weighted by Crippen LogP contribution is -2.42. The first-order chi connectivity index (χ1) is 11.8. The van der Waals surface area contributed by atoms with E-state index >= 15 is 0 Å². The summed E-state index contributed by atoms with van der Waals surface area (Å²) in [5.74, 6) is -1.44. The van der Waals surface area contributed by atoms with Crippen molar-refractivity contribution in [2.75, 3.05) is 40.4 Å². The van der Waals surface area contributed by atoms with Gasteiger partial charge < -0.3 is 24.4 Å². The molecule has 1 aromatic rings. The lowest BCUT2D eigenvalue weighted by molar-refractivity contribution is -0.140. The molecule has 0 atom stereocenters. The van der Waals surface area contributed by atoms with Gasteiger partial charge in [0.05, 0.1) is 13.7 Å². The summed E-state index contributed by atoms with van der Waals surface area (Å²) in [6.45, 7) is 4.21. The Labute approximate surface area is 146 Å². The molecule has 0 aliphatic carbocycles. The van der Waals surface area contributed by atoms with Gasteiger partial charge in [0, 0.05) is 26.2 Å². The summed E-state index contributed by atoms with van der Waals surface area (Å²) < 4.78 is 9.83. The van der Waals surface area contributed by atoms with Gasteiger partial charge in [0.25, 0.3) is 5.91 Å². The van der Waals surface area contributed by atoms with Crippen LogP contribution in [0.4, 0.5) is 0 Å². The Hall–Kier alpha value is -2.77. The maximum absolute atomic E-state index is 12.0. The molecule has 25 heavy (non-hydrogen) atoms. The summed E-state index contributed by atoms with van der Waals surface area (Å²) in [5, 5.41) is 9.78. The van der Waals surface area contributed by atoms with Gasteiger partial charge in [0.1, 0.15) is 17.1 Å². The van der Waals surface area contributed by atoms with Crippen molar-refractivity contribution in [3.05, 3.63) is 23.8 Å². The van der Waals surface area contributed by atoms with Crippen molar-refractivity contribution in [2.45, 2.75) is 13.8 Å². The number of aromatic hydroxyl groups is 1. The summed E-state index contributed by atoms with van der Waals surface area (Å²) in [7, 11) is 2.89. The molecule has 0 aromatic heterocycles. The average Bonchev–Trinajstić information content (AvgIpc) is 2.60. The highest BCUT2D eigenvalue weighted by Gasteiger charge is 2.19. The molecule has 8 nitrogen and oxygen atoms in total. The van der Waals surface area contributed by atoms with Crippen LogP contribution in [0.5, 0.6) is 11.5 Å². The van der Waals surface area contributed by atoms with E-state index in [1.165, 1.54) is 37.3 Å². The number of carbonyl (C=O) groups is 3. The second-order valence-electron chi connectivity index (χ2n) is 5.28. The fourth-order valence-corrected chi connectivity index (χ4v) is 2.09. The van der Waals surface area contributed by atoms with Crippen molar-refractivity contribution >= 4 is 17.8 Å². The highest BCUT2D eigenvalue weighted by molar-refractivity contribution is 5.94. The van der Waals surface area contributed by atoms with E-state index < -0.39 is 18.5 Å². The first-order valence-corrected chi connectivity index (χ1v) is 7.89. The predicted octanol–water partition coefficient (Wildman–Crippen LogP) is 0.884. The number of benzene rings is 1. The molecule has 0 bridgehead atoms. The van der Waals surface area contributed by atoms with Crippen LogP contribution in [0.1, 0.15) is 24.2 Å². The maximum Gasteiger partial charge on any atom is 0.342 e. The molecule has 8 heteroatoms. The van der Waals surface area contributed by atoms with E-state index in [0.717, 1.165) is 0 Å². The van der Waals surface area contributed by atoms with Crippen LogP contribution in [0, 0.1) is 0 Å². The lowest BCUT2D eigenvalue weighted by atomic mass is 10.2. The summed E-state index contributed by atoms with van der Waals surface area (Å²) in [4.78, 5) is 38.7. The Kier molecular flexibility index (Phi) is 7.71. The van der Waals surface area contributed by atoms with Crippen LogP contribution >= 0.6 is 0 Å². The largest absolute Gasteiger partial charge is 0.507 e. The Morgan fingerprint density at radius 2 is 1.76 bits per heavy atom. The highest BCUT2D eigenvalue weighted by atomic mass is 16.5. The van der Waals surface area contributed by atoms with Crippen LogP contribution in [0.3, 0.4) is 0 Å². The number of amides is 2. The normalized spacial score (nSPS) is 10.1. The molecule has 0 aliphatic heterocycles. The van der Waals surface area contributed by atoms with Crippen LogP contribution < -0.4 is 4.74 Å². The number of phenolic OH excluding ortho intramolecular Hbond substituents is 1. The maximum atomic E-state index is 12.0. The SMILES string of the molecule is CCN(CC)C(=O)CN(C)C(=O)COC(=O)c1ccc(OC)cc1O. The fraction of sp³-hybridized carbons (Fsp3) is 0.471. The Bertz CT molecular complexity index is 628. The number of nitrogens with zero attached hydrogens (tertiary/aromatic N) is 2. The number of hydrogen-bond acceptors (Lipinski definition) is 6. The van der Waals surface area contributed by atoms with Gasteiger partial charge in [-0.15, -0.1) is 0 Å². The van der Waals surface area contributed by atoms with Crippen LogP contribution in [0.15, 0.2) is 18.2 Å². The molecule has 0 aliphatic rings. The minimum atomic E-state index is -0.836. The van der Waals surface area contributed by atoms with Crippen molar-refractivity contribution in [2.24, 2.45) is 0 Å². The lowest BCUT2D eigenvalue weighted by Gasteiger charge is -2.23. The van der Waals surface area contributed by atoms with Gasteiger partial charge >= 0.3 is 5.97 Å². The summed E-state index contributed by atoms with van der Waals surface area (Å²) in [6, 6.07) is 4.11. The molecule has 0 heterocycles. The third kappa shape index (κ3) is 5.66. The second-order valence-corrected chi connectivity index (χ2v) is 5.28. The Morgan fingerprint density at radius 1 is 1.12 bits per heavy atom. The van der Waals surface area contributed by atoms with Gasteiger partial charge in [-0.05, 0) is 26.0 Å². The van der Waals surface area contributed by atoms with Crippen molar-refractivity contribution in [3.8, 4) is 11.5 Å². The standard InChI is InChI=1S/C17H24N2O6/c1-5-19(6-2)15(21)10-18(3)16(22)11-25-17(23)13-8-7-12(24-4)9-14(13)20/h7-9,20H,5-6,10-11H2,1-4H3. The van der Waals surface area contributed by atoms with Gasteiger partial charge in [-0.25, -0.2) is 4.79 Å². The van der Waals surface area contributed by atoms with Gasteiger partial charge in [-0.3, -0.25) is 9.59 Å². The Morgan fingerprint density at radius 3 is 2.28 bits per heavy atom. The molecule has 0 fully saturated rings. The topological polar surface area (TPSA) is 96.4 Å². The zero-order valence-electron chi connectivity index (χ0n) is 14.9. The van der Waals surface area contributed by atoms with Crippen molar-refractivity contribution < 1.29 is 29.0 Å². The highest BCUT2D eigenvalue weighted by Crippen LogP contribution is 2.23. The molecule has 0 saturated carbocycles. The number of phenols is 1. The first-order valence-electron chi connectivity index (χ1n) is 7.89. The minimum absolute atomic E-state index is 0.0736. The molecule has 0 spiro atoms. The monoisotopic (exact) mass is 352 g/mol. The molecule has 1 aromatic carbocycles. The number of esters is 1. The van der Waals surface area contributed by atoms with Gasteiger partial charge in [0.15, 0.2) is 6.61 Å². The zero-order chi connectivity index (χ0) is 19.0. The summed E-state index contributed by atoms with van der Waals surface area (Å²) in [5.41, 5.74) is -0.0736. The number of ether oxygens (including phenoxy) is 2. The van der Waals surface area contributed by atoms with E-state index in [-0.39, 0.29) is 23.8 Å². The predicted molar refractivity (Wildman–Crippen MR) is 90.5 cm³/mol. The molecule has 1 rings (SSSR count). The second kappa shape index (κ2) is 9.51. The fourth-order valence-electron chi connectivity index (χ4n) is 2.09. The van der Waals surface area contributed by atoms with Crippen molar-refractivity contribution in [1.82, 2.24) is 9.80 Å².